The first-order valence-electron chi connectivity index (χ1n) is 8.40. The van der Waals surface area contributed by atoms with Gasteiger partial charge in [-0.25, -0.2) is 4.89 Å². The molecule has 0 spiro atoms. The molecule has 24 heavy (non-hydrogen) atoms. The zero-order valence-electron chi connectivity index (χ0n) is 16.0. The van der Waals surface area contributed by atoms with Crippen molar-refractivity contribution in [3.05, 3.63) is 0 Å². The topological polar surface area (TPSA) is 75.6 Å². The fraction of sp³-hybridized carbons (Fsp3) is 1.00. The first-order chi connectivity index (χ1) is 10.9. The average Bonchev–Trinajstić information content (AvgIpc) is 2.73. The smallest absolute Gasteiger partial charge is 0.238 e. The molecule has 0 aromatic heterocycles. The van der Waals surface area contributed by atoms with Crippen molar-refractivity contribution in [3.8, 4) is 0 Å². The van der Waals surface area contributed by atoms with Gasteiger partial charge in [0.25, 0.3) is 0 Å². The van der Waals surface area contributed by atoms with E-state index < -0.39 is 44.8 Å². The van der Waals surface area contributed by atoms with Crippen LogP contribution in [0.5, 0.6) is 0 Å². The first-order valence-corrected chi connectivity index (χ1v) is 11.3. The van der Waals surface area contributed by atoms with E-state index in [4.69, 9.17) is 28.4 Å². The normalized spacial score (nSPS) is 36.6. The molecule has 0 saturated carbocycles. The van der Waals surface area contributed by atoms with Crippen molar-refractivity contribution in [3.63, 3.8) is 0 Å². The first kappa shape index (κ1) is 20.3. The number of hydrogen-bond acceptors (Lipinski definition) is 7. The average molecular weight is 365 g/mol. The fourth-order valence-electron chi connectivity index (χ4n) is 2.61. The predicted molar refractivity (Wildman–Crippen MR) is 89.7 cm³/mol. The van der Waals surface area contributed by atoms with Crippen LogP contribution in [0.2, 0.25) is 18.1 Å². The van der Waals surface area contributed by atoms with Gasteiger partial charge in [-0.3, -0.25) is 4.58 Å². The molecule has 5 atom stereocenters. The number of methoxy groups -OCH3 is 1. The number of aliphatic hydroxyl groups excluding tert-OH is 1. The third-order valence-electron chi connectivity index (χ3n) is 5.03. The quantitative estimate of drug-likeness (QED) is 0.455. The minimum Gasteiger partial charge on any atom is -0.373 e. The van der Waals surface area contributed by atoms with Crippen molar-refractivity contribution in [2.45, 2.75) is 89.2 Å². The van der Waals surface area contributed by atoms with Crippen molar-refractivity contribution < 1.29 is 33.5 Å². The summed E-state index contributed by atoms with van der Waals surface area (Å²) in [6.07, 6.45) is -3.01. The predicted octanol–water partition coefficient (Wildman–Crippen LogP) is 2.19. The Bertz CT molecular complexity index is 435. The molecule has 142 valence electrons. The molecule has 2 saturated heterocycles. The highest BCUT2D eigenvalue weighted by Crippen LogP contribution is 2.39. The maximum Gasteiger partial charge on any atom is 0.238 e. The summed E-state index contributed by atoms with van der Waals surface area (Å²) in [6.45, 7) is 14.4. The molecule has 7 nitrogen and oxygen atoms in total. The molecule has 0 amide bonds. The lowest BCUT2D eigenvalue weighted by atomic mass is 9.99. The van der Waals surface area contributed by atoms with E-state index in [1.54, 1.807) is 0 Å². The van der Waals surface area contributed by atoms with Crippen LogP contribution >= 0.6 is 0 Å². The zero-order chi connectivity index (χ0) is 18.3. The van der Waals surface area contributed by atoms with Crippen LogP contribution in [0.4, 0.5) is 0 Å². The van der Waals surface area contributed by atoms with Crippen LogP contribution in [-0.4, -0.2) is 63.6 Å². The largest absolute Gasteiger partial charge is 0.373 e. The highest BCUT2D eigenvalue weighted by Gasteiger charge is 2.55. The maximum absolute atomic E-state index is 10.2. The molecule has 2 rings (SSSR count). The van der Waals surface area contributed by atoms with Crippen molar-refractivity contribution in [2.75, 3.05) is 13.7 Å². The highest BCUT2D eigenvalue weighted by molar-refractivity contribution is 6.73. The van der Waals surface area contributed by atoms with Crippen LogP contribution in [0.3, 0.4) is 0 Å². The van der Waals surface area contributed by atoms with E-state index in [1.165, 1.54) is 7.11 Å². The standard InChI is InChI=1S/C16H32O7Si/c1-15(2,3)24(7,8)23-19-9-10-11-12(22-16(4,5)21-11)13(18-6)14(17)20-10/h10-14,17H,9H2,1-8H3/t10-,11+,12+,13-,14-/m1/s1. The van der Waals surface area contributed by atoms with Gasteiger partial charge in [-0.15, -0.1) is 0 Å². The van der Waals surface area contributed by atoms with E-state index in [0.29, 0.717) is 0 Å². The second-order valence-electron chi connectivity index (χ2n) is 8.46. The van der Waals surface area contributed by atoms with Gasteiger partial charge in [-0.2, -0.15) is 0 Å². The van der Waals surface area contributed by atoms with Gasteiger partial charge in [0.05, 0.1) is 0 Å². The summed E-state index contributed by atoms with van der Waals surface area (Å²) in [7, 11) is -0.512. The van der Waals surface area contributed by atoms with E-state index in [0.717, 1.165) is 0 Å². The highest BCUT2D eigenvalue weighted by atomic mass is 28.4. The summed E-state index contributed by atoms with van der Waals surface area (Å²) in [5, 5.41) is 10.2. The van der Waals surface area contributed by atoms with Crippen molar-refractivity contribution >= 4 is 8.32 Å². The van der Waals surface area contributed by atoms with E-state index in [-0.39, 0.29) is 11.6 Å². The van der Waals surface area contributed by atoms with E-state index in [9.17, 15) is 5.11 Å². The molecule has 2 heterocycles. The Kier molecular flexibility index (Phi) is 5.84. The van der Waals surface area contributed by atoms with Crippen molar-refractivity contribution in [1.29, 1.82) is 0 Å². The SMILES string of the molecule is CO[C@@H]1[C@H]2OC(C)(C)O[C@H]2[C@@H](COO[Si](C)(C)C(C)(C)C)O[C@H]1O. The molecule has 2 aliphatic heterocycles. The van der Waals surface area contributed by atoms with Gasteiger partial charge in [0, 0.05) is 7.11 Å². The van der Waals surface area contributed by atoms with Crippen LogP contribution in [0.1, 0.15) is 34.6 Å². The van der Waals surface area contributed by atoms with Crippen LogP contribution in [0.15, 0.2) is 0 Å². The van der Waals surface area contributed by atoms with Crippen molar-refractivity contribution in [2.24, 2.45) is 0 Å². The molecule has 0 radical (unpaired) electrons. The van der Waals surface area contributed by atoms with Crippen LogP contribution < -0.4 is 0 Å². The number of rotatable bonds is 5. The number of ether oxygens (including phenoxy) is 4. The lowest BCUT2D eigenvalue weighted by Gasteiger charge is -2.40. The van der Waals surface area contributed by atoms with E-state index >= 15 is 0 Å². The third-order valence-corrected chi connectivity index (χ3v) is 9.17. The van der Waals surface area contributed by atoms with E-state index in [1.807, 2.05) is 13.8 Å². The Labute approximate surface area is 145 Å². The molecular formula is C16H32O7Si. The third kappa shape index (κ3) is 4.18. The minimum absolute atomic E-state index is 0.0403. The Morgan fingerprint density at radius 2 is 1.71 bits per heavy atom. The van der Waals surface area contributed by atoms with Gasteiger partial charge < -0.3 is 24.1 Å². The number of hydrogen-bond donors (Lipinski definition) is 1. The van der Waals surface area contributed by atoms with E-state index in [2.05, 4.69) is 33.9 Å². The van der Waals surface area contributed by atoms with Crippen LogP contribution in [-0.2, 0) is 28.4 Å². The summed E-state index contributed by atoms with van der Waals surface area (Å²) < 4.78 is 28.5. The Hall–Kier alpha value is -0.0631. The molecule has 2 fully saturated rings. The summed E-state index contributed by atoms with van der Waals surface area (Å²) in [5.74, 6) is -0.766. The number of aliphatic hydroxyl groups is 1. The molecule has 0 aromatic carbocycles. The Morgan fingerprint density at radius 3 is 2.25 bits per heavy atom. The van der Waals surface area contributed by atoms with Gasteiger partial charge in [0.2, 0.25) is 8.32 Å². The minimum atomic E-state index is -2.03. The number of fused-ring (bicyclic) bond motifs is 1. The summed E-state index contributed by atoms with van der Waals surface area (Å²) in [6, 6.07) is 0. The van der Waals surface area contributed by atoms with Gasteiger partial charge in [-0.05, 0) is 32.0 Å². The Balaban J connectivity index is 2.00. The maximum atomic E-state index is 10.2. The second-order valence-corrected chi connectivity index (χ2v) is 13.1. The van der Waals surface area contributed by atoms with Gasteiger partial charge >= 0.3 is 0 Å². The van der Waals surface area contributed by atoms with Crippen LogP contribution in [0.25, 0.3) is 0 Å². The van der Waals surface area contributed by atoms with Gasteiger partial charge in [0.15, 0.2) is 12.1 Å². The van der Waals surface area contributed by atoms with Gasteiger partial charge in [0.1, 0.15) is 31.0 Å². The molecule has 0 unspecified atom stereocenters. The summed E-state index contributed by atoms with van der Waals surface area (Å²) >= 11 is 0. The molecule has 8 heteroatoms. The lowest BCUT2D eigenvalue weighted by Crippen LogP contribution is -2.58. The molecule has 1 N–H and O–H groups in total. The lowest BCUT2D eigenvalue weighted by molar-refractivity contribution is -0.305. The molecule has 0 bridgehead atoms. The zero-order valence-corrected chi connectivity index (χ0v) is 17.0. The fourth-order valence-corrected chi connectivity index (χ4v) is 3.23. The summed E-state index contributed by atoms with van der Waals surface area (Å²) in [5.41, 5.74) is 0. The van der Waals surface area contributed by atoms with Crippen LogP contribution in [0, 0.1) is 0 Å². The van der Waals surface area contributed by atoms with Crippen molar-refractivity contribution in [1.82, 2.24) is 0 Å². The molecule has 0 aromatic rings. The molecule has 2 aliphatic rings. The summed E-state index contributed by atoms with van der Waals surface area (Å²) in [4.78, 5) is 5.51. The van der Waals surface area contributed by atoms with Gasteiger partial charge in [-0.1, -0.05) is 20.8 Å². The molecular weight excluding hydrogens is 332 g/mol. The molecule has 0 aliphatic carbocycles. The monoisotopic (exact) mass is 364 g/mol. The Morgan fingerprint density at radius 1 is 1.12 bits per heavy atom. The second kappa shape index (κ2) is 6.92.